The van der Waals surface area contributed by atoms with Crippen molar-refractivity contribution in [1.82, 2.24) is 10.3 Å². The van der Waals surface area contributed by atoms with Gasteiger partial charge in [-0.1, -0.05) is 26.8 Å². The van der Waals surface area contributed by atoms with Crippen LogP contribution in [0.1, 0.15) is 52.2 Å². The number of nitro groups is 1. The van der Waals surface area contributed by atoms with Gasteiger partial charge in [0.05, 0.1) is 11.5 Å². The zero-order valence-corrected chi connectivity index (χ0v) is 14.7. The molecule has 1 amide bonds. The average Bonchev–Trinajstić information content (AvgIpc) is 3.00. The highest BCUT2D eigenvalue weighted by molar-refractivity contribution is 7.09. The number of benzene rings is 1. The summed E-state index contributed by atoms with van der Waals surface area (Å²) in [6.45, 7) is 5.62. The topological polar surface area (TPSA) is 122 Å². The summed E-state index contributed by atoms with van der Waals surface area (Å²) < 4.78 is 0. The molecule has 0 fully saturated rings. The van der Waals surface area contributed by atoms with Crippen molar-refractivity contribution in [2.24, 2.45) is 0 Å². The molecule has 0 atom stereocenters. The number of carboxylic acid groups (broad SMARTS) is 1. The lowest BCUT2D eigenvalue weighted by molar-refractivity contribution is -0.386. The molecule has 132 valence electrons. The predicted molar refractivity (Wildman–Crippen MR) is 92.0 cm³/mol. The van der Waals surface area contributed by atoms with E-state index in [0.29, 0.717) is 10.6 Å². The number of hydrogen-bond donors (Lipinski definition) is 2. The highest BCUT2D eigenvalue weighted by Crippen LogP contribution is 2.31. The second-order valence-corrected chi connectivity index (χ2v) is 7.30. The molecule has 2 aromatic rings. The van der Waals surface area contributed by atoms with Crippen molar-refractivity contribution >= 4 is 28.9 Å². The Bertz CT molecular complexity index is 839. The van der Waals surface area contributed by atoms with E-state index in [-0.39, 0.29) is 23.5 Å². The molecule has 8 nitrogen and oxygen atoms in total. The number of carboxylic acids is 1. The highest BCUT2D eigenvalue weighted by atomic mass is 32.1. The number of carbonyl (C=O) groups is 2. The molecule has 2 rings (SSSR count). The van der Waals surface area contributed by atoms with E-state index in [9.17, 15) is 19.7 Å². The van der Waals surface area contributed by atoms with E-state index >= 15 is 0 Å². The van der Waals surface area contributed by atoms with Gasteiger partial charge in [0.25, 0.3) is 11.6 Å². The molecule has 0 saturated heterocycles. The van der Waals surface area contributed by atoms with Gasteiger partial charge in [-0.3, -0.25) is 14.9 Å². The smallest absolute Gasteiger partial charge is 0.355 e. The monoisotopic (exact) mass is 363 g/mol. The van der Waals surface area contributed by atoms with Crippen molar-refractivity contribution in [3.8, 4) is 0 Å². The molecular formula is C16H17N3O5S. The van der Waals surface area contributed by atoms with E-state index in [0.717, 1.165) is 11.3 Å². The van der Waals surface area contributed by atoms with E-state index in [1.165, 1.54) is 17.5 Å². The molecule has 2 N–H and O–H groups in total. The molecular weight excluding hydrogens is 346 g/mol. The van der Waals surface area contributed by atoms with Crippen LogP contribution < -0.4 is 5.32 Å². The molecule has 0 spiro atoms. The van der Waals surface area contributed by atoms with Gasteiger partial charge in [-0.05, 0) is 11.5 Å². The summed E-state index contributed by atoms with van der Waals surface area (Å²) in [6.07, 6.45) is 0. The molecule has 1 heterocycles. The first-order valence-corrected chi connectivity index (χ1v) is 8.22. The molecule has 0 aliphatic heterocycles. The number of aromatic carboxylic acids is 1. The second-order valence-electron chi connectivity index (χ2n) is 6.35. The van der Waals surface area contributed by atoms with Gasteiger partial charge in [-0.15, -0.1) is 11.3 Å². The van der Waals surface area contributed by atoms with E-state index in [2.05, 4.69) is 10.3 Å². The van der Waals surface area contributed by atoms with Crippen LogP contribution in [0.4, 0.5) is 5.69 Å². The van der Waals surface area contributed by atoms with Crippen LogP contribution in [0.5, 0.6) is 0 Å². The summed E-state index contributed by atoms with van der Waals surface area (Å²) in [5, 5.41) is 24.5. The van der Waals surface area contributed by atoms with E-state index in [1.54, 1.807) is 6.07 Å². The summed E-state index contributed by atoms with van der Waals surface area (Å²) in [5.74, 6) is -1.63. The first-order valence-electron chi connectivity index (χ1n) is 7.34. The minimum absolute atomic E-state index is 0.0472. The minimum Gasteiger partial charge on any atom is -0.476 e. The standard InChI is InChI=1S/C16H17N3O5S/c1-16(2,3)10-5-4-9(6-12(10)19(23)24)14(20)17-7-13-18-11(8-25-13)15(21)22/h4-6,8H,7H2,1-3H3,(H,17,20)(H,21,22). The average molecular weight is 363 g/mol. The Morgan fingerprint density at radius 3 is 2.56 bits per heavy atom. The quantitative estimate of drug-likeness (QED) is 0.622. The van der Waals surface area contributed by atoms with Gasteiger partial charge in [-0.25, -0.2) is 9.78 Å². The number of rotatable bonds is 5. The van der Waals surface area contributed by atoms with Crippen LogP contribution >= 0.6 is 11.3 Å². The number of amides is 1. The summed E-state index contributed by atoms with van der Waals surface area (Å²) in [6, 6.07) is 4.37. The van der Waals surface area contributed by atoms with Crippen molar-refractivity contribution in [1.29, 1.82) is 0 Å². The fourth-order valence-corrected chi connectivity index (χ4v) is 2.91. The van der Waals surface area contributed by atoms with Gasteiger partial charge < -0.3 is 10.4 Å². The fourth-order valence-electron chi connectivity index (χ4n) is 2.21. The van der Waals surface area contributed by atoms with Crippen LogP contribution in [-0.2, 0) is 12.0 Å². The molecule has 1 aromatic heterocycles. The molecule has 0 radical (unpaired) electrons. The zero-order valence-electron chi connectivity index (χ0n) is 13.9. The number of hydrogen-bond acceptors (Lipinski definition) is 6. The Labute approximate surface area is 147 Å². The third kappa shape index (κ3) is 4.38. The van der Waals surface area contributed by atoms with E-state index < -0.39 is 22.2 Å². The van der Waals surface area contributed by atoms with Crippen molar-refractivity contribution in [3.05, 3.63) is 55.5 Å². The Morgan fingerprint density at radius 2 is 2.04 bits per heavy atom. The number of aromatic nitrogens is 1. The van der Waals surface area contributed by atoms with Gasteiger partial charge in [-0.2, -0.15) is 0 Å². The highest BCUT2D eigenvalue weighted by Gasteiger charge is 2.26. The first-order chi connectivity index (χ1) is 11.6. The SMILES string of the molecule is CC(C)(C)c1ccc(C(=O)NCc2nc(C(=O)O)cs2)cc1[N+](=O)[O-]. The van der Waals surface area contributed by atoms with E-state index in [4.69, 9.17) is 5.11 Å². The van der Waals surface area contributed by atoms with Crippen LogP contribution in [0.15, 0.2) is 23.6 Å². The first kappa shape index (κ1) is 18.5. The second kappa shape index (κ2) is 6.98. The van der Waals surface area contributed by atoms with E-state index in [1.807, 2.05) is 20.8 Å². The Balaban J connectivity index is 2.17. The fraction of sp³-hybridized carbons (Fsp3) is 0.312. The number of nitro benzene ring substituents is 1. The molecule has 0 bridgehead atoms. The minimum atomic E-state index is -1.14. The maximum Gasteiger partial charge on any atom is 0.355 e. The van der Waals surface area contributed by atoms with Crippen LogP contribution in [0.3, 0.4) is 0 Å². The maximum atomic E-state index is 12.2. The Morgan fingerprint density at radius 1 is 1.36 bits per heavy atom. The number of nitrogens with zero attached hydrogens (tertiary/aromatic N) is 2. The Kier molecular flexibility index (Phi) is 5.17. The largest absolute Gasteiger partial charge is 0.476 e. The Hall–Kier alpha value is -2.81. The molecule has 0 saturated carbocycles. The third-order valence-corrected chi connectivity index (χ3v) is 4.28. The van der Waals surface area contributed by atoms with Gasteiger partial charge in [0.1, 0.15) is 5.01 Å². The zero-order chi connectivity index (χ0) is 18.8. The van der Waals surface area contributed by atoms with Crippen LogP contribution in [0.25, 0.3) is 0 Å². The number of nitrogens with one attached hydrogen (secondary N) is 1. The van der Waals surface area contributed by atoms with Crippen molar-refractivity contribution < 1.29 is 19.6 Å². The van der Waals surface area contributed by atoms with Gasteiger partial charge in [0.15, 0.2) is 5.69 Å². The summed E-state index contributed by atoms with van der Waals surface area (Å²) in [4.78, 5) is 37.7. The van der Waals surface area contributed by atoms with Crippen LogP contribution in [0.2, 0.25) is 0 Å². The van der Waals surface area contributed by atoms with Crippen LogP contribution in [-0.4, -0.2) is 26.9 Å². The predicted octanol–water partition coefficient (Wildman–Crippen LogP) is 2.98. The lowest BCUT2D eigenvalue weighted by atomic mass is 9.85. The summed E-state index contributed by atoms with van der Waals surface area (Å²) >= 11 is 1.11. The summed E-state index contributed by atoms with van der Waals surface area (Å²) in [5.41, 5.74) is 0.0858. The van der Waals surface area contributed by atoms with Crippen molar-refractivity contribution in [3.63, 3.8) is 0 Å². The van der Waals surface area contributed by atoms with Crippen molar-refractivity contribution in [2.75, 3.05) is 0 Å². The molecule has 9 heteroatoms. The van der Waals surface area contributed by atoms with Crippen LogP contribution in [0, 0.1) is 10.1 Å². The lowest BCUT2D eigenvalue weighted by Gasteiger charge is -2.19. The number of carbonyl (C=O) groups excluding carboxylic acids is 1. The molecule has 0 aliphatic carbocycles. The van der Waals surface area contributed by atoms with Crippen molar-refractivity contribution in [2.45, 2.75) is 32.7 Å². The van der Waals surface area contributed by atoms with Gasteiger partial charge in [0, 0.05) is 22.6 Å². The molecule has 1 aromatic carbocycles. The molecule has 25 heavy (non-hydrogen) atoms. The lowest BCUT2D eigenvalue weighted by Crippen LogP contribution is -2.23. The van der Waals surface area contributed by atoms with Gasteiger partial charge in [0.2, 0.25) is 0 Å². The molecule has 0 aliphatic rings. The number of thiazole rings is 1. The maximum absolute atomic E-state index is 12.2. The molecule has 0 unspecified atom stereocenters. The van der Waals surface area contributed by atoms with Gasteiger partial charge >= 0.3 is 5.97 Å². The third-order valence-electron chi connectivity index (χ3n) is 3.44. The normalized spacial score (nSPS) is 11.2. The summed E-state index contributed by atoms with van der Waals surface area (Å²) in [7, 11) is 0.